The van der Waals surface area contributed by atoms with E-state index in [4.69, 9.17) is 9.47 Å². The molecule has 0 atom stereocenters. The van der Waals surface area contributed by atoms with Crippen LogP contribution < -0.4 is 9.47 Å². The first kappa shape index (κ1) is 17.9. The Hall–Kier alpha value is -2.49. The normalized spacial score (nSPS) is 15.6. The van der Waals surface area contributed by atoms with E-state index in [1.54, 1.807) is 19.3 Å². The van der Waals surface area contributed by atoms with Crippen molar-refractivity contribution in [2.45, 2.75) is 31.8 Å². The van der Waals surface area contributed by atoms with Gasteiger partial charge in [0.25, 0.3) is 0 Å². The van der Waals surface area contributed by atoms with Crippen LogP contribution in [0, 0.1) is 0 Å². The number of hydrogen-bond acceptors (Lipinski definition) is 4. The number of rotatable bonds is 7. The maximum absolute atomic E-state index is 10.9. The Labute approximate surface area is 143 Å². The topological polar surface area (TPSA) is 44.8 Å². The average Bonchev–Trinajstić information content (AvgIpc) is 3.11. The second kappa shape index (κ2) is 9.60. The SMILES string of the molecule is COC(=O)/C=C/C=C/C=C/c1ccc(OC)c(OC2CCCC2)c1. The highest BCUT2D eigenvalue weighted by molar-refractivity contribution is 5.82. The van der Waals surface area contributed by atoms with Crippen LogP contribution in [0.4, 0.5) is 0 Å². The molecule has 1 aliphatic carbocycles. The molecule has 0 unspecified atom stereocenters. The molecule has 4 heteroatoms. The van der Waals surface area contributed by atoms with Gasteiger partial charge in [0.15, 0.2) is 11.5 Å². The summed E-state index contributed by atoms with van der Waals surface area (Å²) in [5.74, 6) is 1.18. The maximum atomic E-state index is 10.9. The lowest BCUT2D eigenvalue weighted by atomic mass is 10.2. The quantitative estimate of drug-likeness (QED) is 0.425. The molecule has 1 aromatic rings. The number of hydrogen-bond donors (Lipinski definition) is 0. The van der Waals surface area contributed by atoms with Crippen LogP contribution >= 0.6 is 0 Å². The standard InChI is InChI=1S/C20H24O4/c1-22-18-14-13-16(9-5-3-4-6-12-20(21)23-2)15-19(18)24-17-10-7-8-11-17/h3-6,9,12-15,17H,7-8,10-11H2,1-2H3/b4-3+,9-5+,12-6+. The predicted molar refractivity (Wildman–Crippen MR) is 95.2 cm³/mol. The highest BCUT2D eigenvalue weighted by Crippen LogP contribution is 2.32. The molecule has 24 heavy (non-hydrogen) atoms. The Morgan fingerprint density at radius 1 is 1.04 bits per heavy atom. The van der Waals surface area contributed by atoms with E-state index in [-0.39, 0.29) is 5.97 Å². The van der Waals surface area contributed by atoms with Crippen molar-refractivity contribution in [3.63, 3.8) is 0 Å². The molecule has 128 valence electrons. The van der Waals surface area contributed by atoms with E-state index < -0.39 is 0 Å². The Balaban J connectivity index is 1.99. The number of benzene rings is 1. The molecule has 1 saturated carbocycles. The lowest BCUT2D eigenvalue weighted by molar-refractivity contribution is -0.134. The Bertz CT molecular complexity index is 623. The summed E-state index contributed by atoms with van der Waals surface area (Å²) in [7, 11) is 3.01. The van der Waals surface area contributed by atoms with Crippen LogP contribution in [0.3, 0.4) is 0 Å². The van der Waals surface area contributed by atoms with E-state index in [2.05, 4.69) is 4.74 Å². The molecule has 0 saturated heterocycles. The van der Waals surface area contributed by atoms with E-state index >= 15 is 0 Å². The van der Waals surface area contributed by atoms with E-state index in [1.807, 2.05) is 36.4 Å². The van der Waals surface area contributed by atoms with Gasteiger partial charge in [-0.25, -0.2) is 4.79 Å². The molecule has 1 aliphatic rings. The fourth-order valence-corrected chi connectivity index (χ4v) is 2.57. The van der Waals surface area contributed by atoms with Crippen molar-refractivity contribution < 1.29 is 19.0 Å². The zero-order valence-electron chi connectivity index (χ0n) is 14.2. The van der Waals surface area contributed by atoms with Gasteiger partial charge in [0.2, 0.25) is 0 Å². The molecule has 2 rings (SSSR count). The molecule has 0 heterocycles. The second-order valence-corrected chi connectivity index (χ2v) is 5.56. The molecule has 0 aromatic heterocycles. The fourth-order valence-electron chi connectivity index (χ4n) is 2.57. The molecule has 0 aliphatic heterocycles. The number of carbonyl (C=O) groups is 1. The van der Waals surface area contributed by atoms with Gasteiger partial charge in [0, 0.05) is 6.08 Å². The first-order chi connectivity index (χ1) is 11.7. The Morgan fingerprint density at radius 2 is 1.79 bits per heavy atom. The number of allylic oxidation sites excluding steroid dienone is 4. The molecule has 1 aromatic carbocycles. The smallest absolute Gasteiger partial charge is 0.330 e. The molecule has 1 fully saturated rings. The van der Waals surface area contributed by atoms with Crippen molar-refractivity contribution in [3.05, 3.63) is 54.1 Å². The van der Waals surface area contributed by atoms with Crippen LogP contribution in [0.1, 0.15) is 31.2 Å². The minimum Gasteiger partial charge on any atom is -0.493 e. The average molecular weight is 328 g/mol. The summed E-state index contributed by atoms with van der Waals surface area (Å²) < 4.78 is 16.0. The fraction of sp³-hybridized carbons (Fsp3) is 0.350. The third kappa shape index (κ3) is 5.61. The number of carbonyl (C=O) groups excluding carboxylic acids is 1. The van der Waals surface area contributed by atoms with Crippen molar-refractivity contribution in [2.24, 2.45) is 0 Å². The molecule has 0 N–H and O–H groups in total. The van der Waals surface area contributed by atoms with Crippen molar-refractivity contribution in [2.75, 3.05) is 14.2 Å². The lowest BCUT2D eigenvalue weighted by Crippen LogP contribution is -2.11. The van der Waals surface area contributed by atoms with Gasteiger partial charge in [-0.1, -0.05) is 36.4 Å². The third-order valence-corrected chi connectivity index (χ3v) is 3.84. The van der Waals surface area contributed by atoms with E-state index in [9.17, 15) is 4.79 Å². The summed E-state index contributed by atoms with van der Waals surface area (Å²) in [5.41, 5.74) is 1.03. The number of ether oxygens (including phenoxy) is 3. The van der Waals surface area contributed by atoms with Gasteiger partial charge in [0.1, 0.15) is 0 Å². The van der Waals surface area contributed by atoms with Gasteiger partial charge in [0.05, 0.1) is 20.3 Å². The van der Waals surface area contributed by atoms with Crippen molar-refractivity contribution in [1.82, 2.24) is 0 Å². The van der Waals surface area contributed by atoms with Gasteiger partial charge in [-0.3, -0.25) is 0 Å². The summed E-state index contributed by atoms with van der Waals surface area (Å²) in [5, 5.41) is 0. The lowest BCUT2D eigenvalue weighted by Gasteiger charge is -2.16. The number of methoxy groups -OCH3 is 2. The van der Waals surface area contributed by atoms with Crippen LogP contribution in [0.15, 0.2) is 48.6 Å². The van der Waals surface area contributed by atoms with Crippen LogP contribution in [-0.2, 0) is 9.53 Å². The monoisotopic (exact) mass is 328 g/mol. The first-order valence-corrected chi connectivity index (χ1v) is 8.17. The summed E-state index contributed by atoms with van der Waals surface area (Å²) in [4.78, 5) is 10.9. The van der Waals surface area contributed by atoms with Crippen molar-refractivity contribution >= 4 is 12.0 Å². The minimum atomic E-state index is -0.368. The van der Waals surface area contributed by atoms with Gasteiger partial charge in [-0.05, 0) is 43.4 Å². The highest BCUT2D eigenvalue weighted by atomic mass is 16.5. The molecule has 0 bridgehead atoms. The van der Waals surface area contributed by atoms with E-state index in [1.165, 1.54) is 26.0 Å². The van der Waals surface area contributed by atoms with Crippen LogP contribution in [0.5, 0.6) is 11.5 Å². The van der Waals surface area contributed by atoms with Crippen molar-refractivity contribution in [3.8, 4) is 11.5 Å². The zero-order valence-corrected chi connectivity index (χ0v) is 14.2. The molecule has 0 amide bonds. The third-order valence-electron chi connectivity index (χ3n) is 3.84. The van der Waals surface area contributed by atoms with Crippen LogP contribution in [-0.4, -0.2) is 26.3 Å². The highest BCUT2D eigenvalue weighted by Gasteiger charge is 2.18. The predicted octanol–water partition coefficient (Wildman–Crippen LogP) is 4.32. The summed E-state index contributed by atoms with van der Waals surface area (Å²) in [6.07, 6.45) is 15.5. The zero-order chi connectivity index (χ0) is 17.2. The molecule has 4 nitrogen and oxygen atoms in total. The first-order valence-electron chi connectivity index (χ1n) is 8.17. The number of esters is 1. The van der Waals surface area contributed by atoms with Gasteiger partial charge >= 0.3 is 5.97 Å². The van der Waals surface area contributed by atoms with Crippen LogP contribution in [0.2, 0.25) is 0 Å². The molecule has 0 spiro atoms. The Kier molecular flexibility index (Phi) is 7.15. The summed E-state index contributed by atoms with van der Waals surface area (Å²) >= 11 is 0. The summed E-state index contributed by atoms with van der Waals surface area (Å²) in [6, 6.07) is 5.89. The van der Waals surface area contributed by atoms with Crippen LogP contribution in [0.25, 0.3) is 6.08 Å². The Morgan fingerprint density at radius 3 is 2.50 bits per heavy atom. The molecule has 0 radical (unpaired) electrons. The molecular weight excluding hydrogens is 304 g/mol. The maximum Gasteiger partial charge on any atom is 0.330 e. The van der Waals surface area contributed by atoms with Gasteiger partial charge in [-0.15, -0.1) is 0 Å². The van der Waals surface area contributed by atoms with Gasteiger partial charge in [-0.2, -0.15) is 0 Å². The van der Waals surface area contributed by atoms with Gasteiger partial charge < -0.3 is 14.2 Å². The molecular formula is C20H24O4. The minimum absolute atomic E-state index is 0.293. The van der Waals surface area contributed by atoms with E-state index in [0.29, 0.717) is 6.10 Å². The summed E-state index contributed by atoms with van der Waals surface area (Å²) in [6.45, 7) is 0. The van der Waals surface area contributed by atoms with E-state index in [0.717, 1.165) is 29.9 Å². The second-order valence-electron chi connectivity index (χ2n) is 5.56. The largest absolute Gasteiger partial charge is 0.493 e. The van der Waals surface area contributed by atoms with Crippen molar-refractivity contribution in [1.29, 1.82) is 0 Å².